The topological polar surface area (TPSA) is 55.4 Å². The fourth-order valence-corrected chi connectivity index (χ4v) is 3.26. The Kier molecular flexibility index (Phi) is 4.61. The molecular weight excluding hydrogens is 230 g/mol. The van der Waals surface area contributed by atoms with Crippen molar-refractivity contribution in [2.45, 2.75) is 45.4 Å². The summed E-state index contributed by atoms with van der Waals surface area (Å²) in [6, 6.07) is 0. The first-order chi connectivity index (χ1) is 8.72. The van der Waals surface area contributed by atoms with Crippen molar-refractivity contribution in [1.82, 2.24) is 5.32 Å². The average molecular weight is 253 g/mol. The van der Waals surface area contributed by atoms with E-state index in [0.717, 1.165) is 45.1 Å². The first-order valence-electron chi connectivity index (χ1n) is 7.16. The number of esters is 1. The van der Waals surface area contributed by atoms with Gasteiger partial charge in [0.15, 0.2) is 0 Å². The highest BCUT2D eigenvalue weighted by atomic mass is 16.5. The number of carbonyl (C=O) groups excluding carboxylic acids is 2. The number of hydrogen-bond donors (Lipinski definition) is 1. The van der Waals surface area contributed by atoms with Crippen molar-refractivity contribution < 1.29 is 14.3 Å². The maximum atomic E-state index is 11.8. The predicted octanol–water partition coefficient (Wildman–Crippen LogP) is 1.88. The third-order valence-electron chi connectivity index (χ3n) is 4.29. The van der Waals surface area contributed by atoms with Crippen LogP contribution in [0.1, 0.15) is 45.4 Å². The van der Waals surface area contributed by atoms with Gasteiger partial charge in [-0.2, -0.15) is 0 Å². The molecule has 0 aromatic heterocycles. The lowest BCUT2D eigenvalue weighted by Gasteiger charge is -2.34. The van der Waals surface area contributed by atoms with E-state index in [-0.39, 0.29) is 23.7 Å². The summed E-state index contributed by atoms with van der Waals surface area (Å²) in [4.78, 5) is 23.5. The summed E-state index contributed by atoms with van der Waals surface area (Å²) < 4.78 is 5.06. The summed E-state index contributed by atoms with van der Waals surface area (Å²) in [5, 5.41) is 2.95. The fraction of sp³-hybridized carbons (Fsp3) is 0.857. The Bertz CT molecular complexity index is 308. The van der Waals surface area contributed by atoms with Crippen molar-refractivity contribution in [3.05, 3.63) is 0 Å². The molecule has 1 heterocycles. The number of hydrogen-bond acceptors (Lipinski definition) is 3. The van der Waals surface area contributed by atoms with Crippen LogP contribution in [0.4, 0.5) is 0 Å². The highest BCUT2D eigenvalue weighted by Gasteiger charge is 2.35. The summed E-state index contributed by atoms with van der Waals surface area (Å²) >= 11 is 0. The molecule has 1 aliphatic carbocycles. The molecule has 2 rings (SSSR count). The van der Waals surface area contributed by atoms with Crippen LogP contribution in [0.15, 0.2) is 0 Å². The van der Waals surface area contributed by atoms with E-state index in [1.165, 1.54) is 0 Å². The van der Waals surface area contributed by atoms with Crippen LogP contribution in [-0.4, -0.2) is 25.0 Å². The van der Waals surface area contributed by atoms with Gasteiger partial charge in [0.1, 0.15) is 0 Å². The largest absolute Gasteiger partial charge is 0.466 e. The van der Waals surface area contributed by atoms with Gasteiger partial charge in [-0.15, -0.1) is 0 Å². The molecule has 1 atom stereocenters. The van der Waals surface area contributed by atoms with Crippen LogP contribution < -0.4 is 5.32 Å². The Labute approximate surface area is 108 Å². The molecule has 0 radical (unpaired) electrons. The van der Waals surface area contributed by atoms with Gasteiger partial charge >= 0.3 is 5.97 Å². The number of piperidine rings is 1. The monoisotopic (exact) mass is 253 g/mol. The van der Waals surface area contributed by atoms with Gasteiger partial charge < -0.3 is 10.1 Å². The molecule has 1 amide bonds. The molecule has 2 aliphatic rings. The van der Waals surface area contributed by atoms with E-state index < -0.39 is 0 Å². The number of ether oxygens (including phenoxy) is 1. The second-order valence-corrected chi connectivity index (χ2v) is 5.40. The smallest absolute Gasteiger partial charge is 0.308 e. The summed E-state index contributed by atoms with van der Waals surface area (Å²) in [7, 11) is 0. The number of carbonyl (C=O) groups is 2. The van der Waals surface area contributed by atoms with E-state index in [4.69, 9.17) is 4.74 Å². The van der Waals surface area contributed by atoms with Gasteiger partial charge in [0, 0.05) is 12.5 Å². The quantitative estimate of drug-likeness (QED) is 0.781. The molecule has 4 nitrogen and oxygen atoms in total. The van der Waals surface area contributed by atoms with Crippen molar-refractivity contribution in [1.29, 1.82) is 0 Å². The van der Waals surface area contributed by atoms with E-state index in [2.05, 4.69) is 5.32 Å². The normalized spacial score (nSPS) is 32.7. The molecule has 1 saturated carbocycles. The van der Waals surface area contributed by atoms with Gasteiger partial charge in [0.05, 0.1) is 12.5 Å². The van der Waals surface area contributed by atoms with Crippen molar-refractivity contribution in [3.63, 3.8) is 0 Å². The van der Waals surface area contributed by atoms with Crippen LogP contribution in [0.2, 0.25) is 0 Å². The van der Waals surface area contributed by atoms with Gasteiger partial charge in [-0.1, -0.05) is 0 Å². The molecular formula is C14H23NO3. The second kappa shape index (κ2) is 6.21. The Hall–Kier alpha value is -1.06. The minimum atomic E-state index is -0.0518. The molecule has 18 heavy (non-hydrogen) atoms. The SMILES string of the molecule is CCOC(=O)C1CCC(C2CCCNC2=O)CC1. The maximum Gasteiger partial charge on any atom is 0.308 e. The van der Waals surface area contributed by atoms with Crippen molar-refractivity contribution in [3.8, 4) is 0 Å². The first kappa shape index (κ1) is 13.4. The zero-order valence-electron chi connectivity index (χ0n) is 11.1. The van der Waals surface area contributed by atoms with E-state index >= 15 is 0 Å². The minimum Gasteiger partial charge on any atom is -0.466 e. The zero-order chi connectivity index (χ0) is 13.0. The van der Waals surface area contributed by atoms with Crippen LogP contribution in [-0.2, 0) is 14.3 Å². The zero-order valence-corrected chi connectivity index (χ0v) is 11.1. The maximum absolute atomic E-state index is 11.8. The predicted molar refractivity (Wildman–Crippen MR) is 67.8 cm³/mol. The Morgan fingerprint density at radius 3 is 2.61 bits per heavy atom. The Balaban J connectivity index is 1.82. The first-order valence-corrected chi connectivity index (χ1v) is 7.16. The molecule has 1 unspecified atom stereocenters. The number of nitrogens with one attached hydrogen (secondary N) is 1. The van der Waals surface area contributed by atoms with Crippen LogP contribution in [0.5, 0.6) is 0 Å². The molecule has 0 bridgehead atoms. The summed E-state index contributed by atoms with van der Waals surface area (Å²) in [6.07, 6.45) is 5.85. The van der Waals surface area contributed by atoms with Gasteiger partial charge in [-0.05, 0) is 51.4 Å². The highest BCUT2D eigenvalue weighted by Crippen LogP contribution is 2.36. The standard InChI is InChI=1S/C14H23NO3/c1-2-18-14(17)11-7-5-10(6-8-11)12-4-3-9-15-13(12)16/h10-12H,2-9H2,1H3,(H,15,16). The van der Waals surface area contributed by atoms with Crippen molar-refractivity contribution in [2.24, 2.45) is 17.8 Å². The molecule has 2 fully saturated rings. The van der Waals surface area contributed by atoms with Crippen LogP contribution in [0, 0.1) is 17.8 Å². The third-order valence-corrected chi connectivity index (χ3v) is 4.29. The van der Waals surface area contributed by atoms with Crippen molar-refractivity contribution >= 4 is 11.9 Å². The number of rotatable bonds is 3. The molecule has 0 aromatic carbocycles. The lowest BCUT2D eigenvalue weighted by Crippen LogP contribution is -2.41. The molecule has 1 aliphatic heterocycles. The van der Waals surface area contributed by atoms with E-state index in [1.54, 1.807) is 0 Å². The van der Waals surface area contributed by atoms with E-state index in [0.29, 0.717) is 12.5 Å². The molecule has 1 saturated heterocycles. The third kappa shape index (κ3) is 3.03. The molecule has 0 spiro atoms. The summed E-state index contributed by atoms with van der Waals surface area (Å²) in [5.41, 5.74) is 0. The molecule has 1 N–H and O–H groups in total. The van der Waals surface area contributed by atoms with E-state index in [1.807, 2.05) is 6.92 Å². The van der Waals surface area contributed by atoms with Crippen LogP contribution in [0.25, 0.3) is 0 Å². The lowest BCUT2D eigenvalue weighted by molar-refractivity contribution is -0.149. The summed E-state index contributed by atoms with van der Waals surface area (Å²) in [6.45, 7) is 3.13. The van der Waals surface area contributed by atoms with Crippen LogP contribution in [0.3, 0.4) is 0 Å². The minimum absolute atomic E-state index is 0.0518. The number of amides is 1. The Morgan fingerprint density at radius 2 is 2.00 bits per heavy atom. The second-order valence-electron chi connectivity index (χ2n) is 5.40. The van der Waals surface area contributed by atoms with Crippen LogP contribution >= 0.6 is 0 Å². The van der Waals surface area contributed by atoms with Gasteiger partial charge in [0.2, 0.25) is 5.91 Å². The molecule has 4 heteroatoms. The van der Waals surface area contributed by atoms with Gasteiger partial charge in [0.25, 0.3) is 0 Å². The average Bonchev–Trinajstić information content (AvgIpc) is 2.40. The fourth-order valence-electron chi connectivity index (χ4n) is 3.26. The van der Waals surface area contributed by atoms with Gasteiger partial charge in [-0.25, -0.2) is 0 Å². The van der Waals surface area contributed by atoms with E-state index in [9.17, 15) is 9.59 Å². The lowest BCUT2D eigenvalue weighted by atomic mass is 9.73. The van der Waals surface area contributed by atoms with Gasteiger partial charge in [-0.3, -0.25) is 9.59 Å². The van der Waals surface area contributed by atoms with Crippen molar-refractivity contribution in [2.75, 3.05) is 13.2 Å². The molecule has 0 aromatic rings. The highest BCUT2D eigenvalue weighted by molar-refractivity contribution is 5.79. The molecule has 102 valence electrons. The Morgan fingerprint density at radius 1 is 1.28 bits per heavy atom. The summed E-state index contributed by atoms with van der Waals surface area (Å²) in [5.74, 6) is 0.885.